The molecule has 2 nitrogen and oxygen atoms in total. The largest absolute Gasteiger partial charge is 0.478 e. The Kier molecular flexibility index (Phi) is 3.64. The predicted molar refractivity (Wildman–Crippen MR) is 74.2 cm³/mol. The second-order valence-electron chi connectivity index (χ2n) is 3.54. The van der Waals surface area contributed by atoms with Gasteiger partial charge >= 0.3 is 5.97 Å². The maximum absolute atomic E-state index is 10.7. The van der Waals surface area contributed by atoms with Crippen LogP contribution in [0, 0.1) is 0 Å². The highest BCUT2D eigenvalue weighted by molar-refractivity contribution is 9.11. The summed E-state index contributed by atoms with van der Waals surface area (Å²) in [5, 5.41) is 8.82. The van der Waals surface area contributed by atoms with E-state index in [1.807, 2.05) is 18.2 Å². The van der Waals surface area contributed by atoms with Crippen molar-refractivity contribution in [2.75, 3.05) is 0 Å². The fourth-order valence-corrected chi connectivity index (χ4v) is 2.82. The van der Waals surface area contributed by atoms with Crippen LogP contribution in [0.15, 0.2) is 51.4 Å². The van der Waals surface area contributed by atoms with Crippen LogP contribution in [-0.2, 0) is 0 Å². The molecule has 2 aromatic carbocycles. The van der Waals surface area contributed by atoms with E-state index in [-0.39, 0.29) is 0 Å². The number of aromatic carboxylic acids is 1. The van der Waals surface area contributed by atoms with Crippen LogP contribution in [0.1, 0.15) is 10.4 Å². The zero-order valence-electron chi connectivity index (χ0n) is 8.65. The number of hydrogen-bond acceptors (Lipinski definition) is 1. The molecule has 0 aliphatic carbocycles. The number of halogens is 2. The third-order valence-electron chi connectivity index (χ3n) is 2.33. The topological polar surface area (TPSA) is 37.3 Å². The molecule has 86 valence electrons. The van der Waals surface area contributed by atoms with Crippen LogP contribution < -0.4 is 0 Å². The summed E-state index contributed by atoms with van der Waals surface area (Å²) >= 11 is 6.85. The molecule has 0 fully saturated rings. The summed E-state index contributed by atoms with van der Waals surface area (Å²) < 4.78 is 1.95. The molecular weight excluding hydrogens is 348 g/mol. The lowest BCUT2D eigenvalue weighted by molar-refractivity contribution is 0.0697. The summed E-state index contributed by atoms with van der Waals surface area (Å²) in [6, 6.07) is 12.7. The molecule has 1 N–H and O–H groups in total. The van der Waals surface area contributed by atoms with Gasteiger partial charge in [-0.1, -0.05) is 44.0 Å². The molecule has 0 saturated carbocycles. The van der Waals surface area contributed by atoms with Crippen molar-refractivity contribution in [1.29, 1.82) is 0 Å². The van der Waals surface area contributed by atoms with Gasteiger partial charge in [-0.3, -0.25) is 0 Å². The molecule has 0 bridgehead atoms. The van der Waals surface area contributed by atoms with Crippen LogP contribution in [-0.4, -0.2) is 11.1 Å². The van der Waals surface area contributed by atoms with E-state index >= 15 is 0 Å². The zero-order chi connectivity index (χ0) is 12.4. The van der Waals surface area contributed by atoms with Gasteiger partial charge in [0.1, 0.15) is 0 Å². The molecule has 0 atom stereocenters. The van der Waals surface area contributed by atoms with Crippen molar-refractivity contribution < 1.29 is 9.90 Å². The minimum atomic E-state index is -0.910. The Morgan fingerprint density at radius 2 is 1.41 bits per heavy atom. The van der Waals surface area contributed by atoms with Crippen LogP contribution in [0.5, 0.6) is 0 Å². The highest BCUT2D eigenvalue weighted by atomic mass is 79.9. The Morgan fingerprint density at radius 3 is 1.88 bits per heavy atom. The predicted octanol–water partition coefficient (Wildman–Crippen LogP) is 4.58. The fourth-order valence-electron chi connectivity index (χ4n) is 1.53. The van der Waals surface area contributed by atoms with Crippen molar-refractivity contribution in [2.24, 2.45) is 0 Å². The van der Waals surface area contributed by atoms with Crippen molar-refractivity contribution in [3.8, 4) is 11.1 Å². The van der Waals surface area contributed by atoms with Crippen molar-refractivity contribution in [3.05, 3.63) is 57.0 Å². The van der Waals surface area contributed by atoms with Gasteiger partial charge < -0.3 is 5.11 Å². The highest BCUT2D eigenvalue weighted by Crippen LogP contribution is 2.27. The van der Waals surface area contributed by atoms with E-state index in [2.05, 4.69) is 31.9 Å². The van der Waals surface area contributed by atoms with Gasteiger partial charge in [0.15, 0.2) is 0 Å². The maximum Gasteiger partial charge on any atom is 0.335 e. The van der Waals surface area contributed by atoms with Crippen LogP contribution in [0.4, 0.5) is 0 Å². The first-order valence-electron chi connectivity index (χ1n) is 4.86. The van der Waals surface area contributed by atoms with E-state index in [1.54, 1.807) is 24.3 Å². The summed E-state index contributed by atoms with van der Waals surface area (Å²) in [6.45, 7) is 0. The number of carboxylic acid groups (broad SMARTS) is 1. The van der Waals surface area contributed by atoms with Gasteiger partial charge in [-0.15, -0.1) is 0 Å². The number of rotatable bonds is 2. The second-order valence-corrected chi connectivity index (χ2v) is 5.37. The summed E-state index contributed by atoms with van der Waals surface area (Å²) in [6.07, 6.45) is 0. The Hall–Kier alpha value is -1.13. The monoisotopic (exact) mass is 354 g/mol. The fraction of sp³-hybridized carbons (Fsp3) is 0. The normalized spacial score (nSPS) is 10.2. The summed E-state index contributed by atoms with van der Waals surface area (Å²) in [7, 11) is 0. The third kappa shape index (κ3) is 2.96. The van der Waals surface area contributed by atoms with Gasteiger partial charge in [-0.25, -0.2) is 4.79 Å². The number of carbonyl (C=O) groups is 1. The van der Waals surface area contributed by atoms with Crippen molar-refractivity contribution in [1.82, 2.24) is 0 Å². The lowest BCUT2D eigenvalue weighted by Gasteiger charge is -2.04. The first-order chi connectivity index (χ1) is 8.06. The first-order valence-corrected chi connectivity index (χ1v) is 6.45. The second kappa shape index (κ2) is 5.02. The molecule has 2 aromatic rings. The highest BCUT2D eigenvalue weighted by Gasteiger charge is 2.04. The van der Waals surface area contributed by atoms with E-state index < -0.39 is 5.97 Å². The number of carboxylic acids is 1. The molecule has 0 heterocycles. The van der Waals surface area contributed by atoms with Crippen LogP contribution in [0.25, 0.3) is 11.1 Å². The summed E-state index contributed by atoms with van der Waals surface area (Å²) in [5.41, 5.74) is 2.31. The Labute approximate surface area is 116 Å². The Bertz CT molecular complexity index is 542. The first kappa shape index (κ1) is 12.3. The third-order valence-corrected chi connectivity index (χ3v) is 3.24. The molecule has 0 aliphatic rings. The molecule has 0 spiro atoms. The van der Waals surface area contributed by atoms with E-state index in [9.17, 15) is 4.79 Å². The molecule has 0 aliphatic heterocycles. The number of benzene rings is 2. The molecule has 17 heavy (non-hydrogen) atoms. The Morgan fingerprint density at radius 1 is 0.882 bits per heavy atom. The number of hydrogen-bond donors (Lipinski definition) is 1. The van der Waals surface area contributed by atoms with Gasteiger partial charge in [0.25, 0.3) is 0 Å². The average molecular weight is 356 g/mol. The van der Waals surface area contributed by atoms with Crippen LogP contribution in [0.3, 0.4) is 0 Å². The van der Waals surface area contributed by atoms with E-state index in [1.165, 1.54) is 0 Å². The minimum Gasteiger partial charge on any atom is -0.478 e. The van der Waals surface area contributed by atoms with Gasteiger partial charge in [0, 0.05) is 8.95 Å². The summed E-state index contributed by atoms with van der Waals surface area (Å²) in [5.74, 6) is -0.910. The molecular formula is C13H8Br2O2. The van der Waals surface area contributed by atoms with Crippen LogP contribution in [0.2, 0.25) is 0 Å². The van der Waals surface area contributed by atoms with E-state index in [4.69, 9.17) is 5.11 Å². The molecule has 0 amide bonds. The van der Waals surface area contributed by atoms with Gasteiger partial charge in [-0.2, -0.15) is 0 Å². The van der Waals surface area contributed by atoms with Gasteiger partial charge in [-0.05, 0) is 41.5 Å². The quantitative estimate of drug-likeness (QED) is 0.856. The molecule has 0 unspecified atom stereocenters. The standard InChI is InChI=1S/C13H8Br2O2/c14-11-5-10(6-12(15)7-11)8-1-3-9(4-2-8)13(16)17/h1-7H,(H,16,17). The maximum atomic E-state index is 10.7. The smallest absolute Gasteiger partial charge is 0.335 e. The van der Waals surface area contributed by atoms with Crippen molar-refractivity contribution in [3.63, 3.8) is 0 Å². The van der Waals surface area contributed by atoms with Crippen LogP contribution >= 0.6 is 31.9 Å². The SMILES string of the molecule is O=C(O)c1ccc(-c2cc(Br)cc(Br)c2)cc1. The molecule has 0 radical (unpaired) electrons. The van der Waals surface area contributed by atoms with Crippen molar-refractivity contribution in [2.45, 2.75) is 0 Å². The average Bonchev–Trinajstić information content (AvgIpc) is 2.28. The van der Waals surface area contributed by atoms with E-state index in [0.29, 0.717) is 5.56 Å². The minimum absolute atomic E-state index is 0.294. The molecule has 0 saturated heterocycles. The summed E-state index contributed by atoms with van der Waals surface area (Å²) in [4.78, 5) is 10.7. The lowest BCUT2D eigenvalue weighted by Crippen LogP contribution is -1.94. The van der Waals surface area contributed by atoms with Gasteiger partial charge in [0.05, 0.1) is 5.56 Å². The van der Waals surface area contributed by atoms with Gasteiger partial charge in [0.2, 0.25) is 0 Å². The van der Waals surface area contributed by atoms with E-state index in [0.717, 1.165) is 20.1 Å². The zero-order valence-corrected chi connectivity index (χ0v) is 11.8. The molecule has 0 aromatic heterocycles. The van der Waals surface area contributed by atoms with Crippen molar-refractivity contribution >= 4 is 37.8 Å². The molecule has 2 rings (SSSR count). The lowest BCUT2D eigenvalue weighted by atomic mass is 10.0. The Balaban J connectivity index is 2.43. The molecule has 4 heteroatoms.